The summed E-state index contributed by atoms with van der Waals surface area (Å²) in [6.07, 6.45) is 2.20. The first-order valence-corrected chi connectivity index (χ1v) is 18.8. The average Bonchev–Trinajstić information content (AvgIpc) is 3.09. The molecule has 0 aliphatic carbocycles. The second kappa shape index (κ2) is 8.14. The number of pyridine rings is 2. The van der Waals surface area contributed by atoms with Gasteiger partial charge in [0.2, 0.25) is 11.4 Å². The fraction of sp³-hybridized carbons (Fsp3) is 0.467. The number of hydrogen-bond donors (Lipinski definition) is 0. The highest BCUT2D eigenvalue weighted by Crippen LogP contribution is 2.50. The molecule has 3 nitrogen and oxygen atoms in total. The quantitative estimate of drug-likeness (QED) is 0.218. The minimum Gasteiger partial charge on any atom is -0.437 e. The first-order chi connectivity index (χ1) is 16.0. The molecule has 0 unspecified atom stereocenters. The highest BCUT2D eigenvalue weighted by atomic mass is 28.3. The second-order valence-corrected chi connectivity index (χ2v) is 24.4. The minimum absolute atomic E-state index is 0.171. The van der Waals surface area contributed by atoms with E-state index in [4.69, 9.17) is 9.40 Å². The lowest BCUT2D eigenvalue weighted by molar-refractivity contribution is -0.660. The Labute approximate surface area is 213 Å². The van der Waals surface area contributed by atoms with Crippen molar-refractivity contribution in [3.63, 3.8) is 0 Å². The van der Waals surface area contributed by atoms with Gasteiger partial charge in [0.1, 0.15) is 15.1 Å². The largest absolute Gasteiger partial charge is 0.437 e. The molecule has 0 saturated carbocycles. The summed E-state index contributed by atoms with van der Waals surface area (Å²) in [5.74, 6) is 0. The zero-order chi connectivity index (χ0) is 26.1. The molecule has 3 heterocycles. The summed E-state index contributed by atoms with van der Waals surface area (Å²) in [5.41, 5.74) is 5.32. The van der Waals surface area contributed by atoms with Crippen molar-refractivity contribution in [2.75, 3.05) is 0 Å². The van der Waals surface area contributed by atoms with Gasteiger partial charge in [0, 0.05) is 28.2 Å². The Bertz CT molecular complexity index is 1420. The molecule has 3 aromatic heterocycles. The summed E-state index contributed by atoms with van der Waals surface area (Å²) in [7, 11) is -1.32. The van der Waals surface area contributed by atoms with E-state index in [9.17, 15) is 0 Å². The fourth-order valence-electron chi connectivity index (χ4n) is 5.59. The van der Waals surface area contributed by atoms with Crippen molar-refractivity contribution in [3.05, 3.63) is 48.2 Å². The average molecular weight is 504 g/mol. The third-order valence-electron chi connectivity index (χ3n) is 8.50. The van der Waals surface area contributed by atoms with Crippen molar-refractivity contribution in [3.8, 4) is 11.3 Å². The molecule has 0 aliphatic heterocycles. The van der Waals surface area contributed by atoms with Crippen LogP contribution in [0, 0.1) is 6.92 Å². The monoisotopic (exact) mass is 503 g/mol. The van der Waals surface area contributed by atoms with Gasteiger partial charge in [0.05, 0.1) is 13.6 Å². The van der Waals surface area contributed by atoms with Crippen LogP contribution in [0.1, 0.15) is 47.1 Å². The van der Waals surface area contributed by atoms with Crippen molar-refractivity contribution in [2.45, 2.75) is 84.7 Å². The van der Waals surface area contributed by atoms with E-state index in [0.717, 1.165) is 22.1 Å². The Kier molecular flexibility index (Phi) is 6.01. The fourth-order valence-corrected chi connectivity index (χ4v) is 11.3. The van der Waals surface area contributed by atoms with Gasteiger partial charge in [0.15, 0.2) is 11.8 Å². The second-order valence-electron chi connectivity index (χ2n) is 13.6. The molecule has 5 heteroatoms. The molecule has 35 heavy (non-hydrogen) atoms. The first kappa shape index (κ1) is 25.8. The van der Waals surface area contributed by atoms with Gasteiger partial charge in [-0.2, -0.15) is 0 Å². The Morgan fingerprint density at radius 1 is 0.829 bits per heavy atom. The number of aryl methyl sites for hydroxylation is 2. The van der Waals surface area contributed by atoms with Crippen LogP contribution in [0.4, 0.5) is 0 Å². The van der Waals surface area contributed by atoms with Crippen molar-refractivity contribution < 1.29 is 8.98 Å². The molecule has 0 radical (unpaired) electrons. The molecular weight excluding hydrogens is 461 g/mol. The Hall–Kier alpha value is -2.25. The number of furan rings is 1. The minimum atomic E-state index is -1.99. The van der Waals surface area contributed by atoms with Crippen LogP contribution in [0.15, 0.2) is 47.0 Å². The standard InChI is InChI=1S/C30H43N2OSi2/c1-20-13-14-22-23-15-16-25(35(12,29(2,3)4)30(5,6)7)31-28(23)33-27(22)26(20)24-19-21(34(9,10)11)17-18-32(24)8/h13-19H,1-12H3/q+1. The zero-order valence-corrected chi connectivity index (χ0v) is 25.8. The molecule has 1 aromatic carbocycles. The van der Waals surface area contributed by atoms with Gasteiger partial charge in [-0.1, -0.05) is 79.9 Å². The first-order valence-electron chi connectivity index (χ1n) is 12.8. The van der Waals surface area contributed by atoms with E-state index in [2.05, 4.69) is 129 Å². The van der Waals surface area contributed by atoms with Crippen LogP contribution in [0.5, 0.6) is 0 Å². The molecule has 0 amide bonds. The number of hydrogen-bond acceptors (Lipinski definition) is 2. The molecule has 0 bridgehead atoms. The topological polar surface area (TPSA) is 29.9 Å². The number of fused-ring (bicyclic) bond motifs is 3. The smallest absolute Gasteiger partial charge is 0.227 e. The lowest BCUT2D eigenvalue weighted by Gasteiger charge is -2.48. The SMILES string of the molecule is Cc1ccc2c(oc3nc([Si](C)(C(C)(C)C)C(C)(C)C)ccc32)c1-c1cc([Si](C)(C)C)cc[n+]1C. The molecule has 0 saturated heterocycles. The molecule has 0 fully saturated rings. The molecule has 186 valence electrons. The van der Waals surface area contributed by atoms with Gasteiger partial charge in [-0.3, -0.25) is 0 Å². The summed E-state index contributed by atoms with van der Waals surface area (Å²) >= 11 is 0. The van der Waals surface area contributed by atoms with E-state index in [1.54, 1.807) is 0 Å². The van der Waals surface area contributed by atoms with E-state index >= 15 is 0 Å². The highest BCUT2D eigenvalue weighted by Gasteiger charge is 2.51. The van der Waals surface area contributed by atoms with Gasteiger partial charge in [-0.25, -0.2) is 9.55 Å². The van der Waals surface area contributed by atoms with Gasteiger partial charge >= 0.3 is 0 Å². The number of benzene rings is 1. The van der Waals surface area contributed by atoms with E-state index in [0.29, 0.717) is 0 Å². The predicted molar refractivity (Wildman–Crippen MR) is 157 cm³/mol. The molecule has 0 aliphatic rings. The molecule has 0 N–H and O–H groups in total. The zero-order valence-electron chi connectivity index (χ0n) is 23.8. The Balaban J connectivity index is 2.02. The van der Waals surface area contributed by atoms with Crippen LogP contribution >= 0.6 is 0 Å². The lowest BCUT2D eigenvalue weighted by Crippen LogP contribution is -2.59. The normalized spacial score (nSPS) is 13.7. The maximum Gasteiger partial charge on any atom is 0.227 e. The van der Waals surface area contributed by atoms with Crippen LogP contribution in [0.25, 0.3) is 33.3 Å². The predicted octanol–water partition coefficient (Wildman–Crippen LogP) is 7.21. The maximum atomic E-state index is 6.67. The summed E-state index contributed by atoms with van der Waals surface area (Å²) in [6, 6.07) is 13.6. The van der Waals surface area contributed by atoms with E-state index in [1.165, 1.54) is 27.3 Å². The van der Waals surface area contributed by atoms with Crippen molar-refractivity contribution >= 4 is 48.7 Å². The summed E-state index contributed by atoms with van der Waals surface area (Å²) in [5, 5.41) is 5.28. The Morgan fingerprint density at radius 2 is 1.43 bits per heavy atom. The van der Waals surface area contributed by atoms with Crippen molar-refractivity contribution in [1.82, 2.24) is 4.98 Å². The van der Waals surface area contributed by atoms with Crippen LogP contribution in [-0.4, -0.2) is 21.1 Å². The lowest BCUT2D eigenvalue weighted by atomic mass is 10.0. The van der Waals surface area contributed by atoms with Crippen LogP contribution in [-0.2, 0) is 7.05 Å². The summed E-state index contributed by atoms with van der Waals surface area (Å²) in [6.45, 7) is 26.1. The van der Waals surface area contributed by atoms with Crippen LogP contribution in [0.2, 0.25) is 36.3 Å². The number of aromatic nitrogens is 2. The third kappa shape index (κ3) is 4.10. The van der Waals surface area contributed by atoms with E-state index in [-0.39, 0.29) is 10.1 Å². The summed E-state index contributed by atoms with van der Waals surface area (Å²) < 4.78 is 8.89. The molecule has 4 aromatic rings. The van der Waals surface area contributed by atoms with E-state index in [1.807, 2.05) is 0 Å². The van der Waals surface area contributed by atoms with Crippen molar-refractivity contribution in [2.24, 2.45) is 7.05 Å². The molecule has 4 rings (SSSR count). The maximum absolute atomic E-state index is 6.67. The van der Waals surface area contributed by atoms with Gasteiger partial charge < -0.3 is 4.42 Å². The molecule has 0 spiro atoms. The molecule has 0 atom stereocenters. The van der Waals surface area contributed by atoms with E-state index < -0.39 is 16.1 Å². The Morgan fingerprint density at radius 3 is 2.00 bits per heavy atom. The van der Waals surface area contributed by atoms with Crippen LogP contribution < -0.4 is 15.1 Å². The molecular formula is C30H43N2OSi2+. The highest BCUT2D eigenvalue weighted by molar-refractivity contribution is 6.94. The van der Waals surface area contributed by atoms with Crippen LogP contribution in [0.3, 0.4) is 0 Å². The van der Waals surface area contributed by atoms with Crippen molar-refractivity contribution in [1.29, 1.82) is 0 Å². The summed E-state index contributed by atoms with van der Waals surface area (Å²) in [4.78, 5) is 5.26. The third-order valence-corrected chi connectivity index (χ3v) is 17.8. The number of rotatable bonds is 3. The van der Waals surface area contributed by atoms with Gasteiger partial charge in [-0.15, -0.1) is 0 Å². The number of nitrogens with zero attached hydrogens (tertiary/aromatic N) is 2. The van der Waals surface area contributed by atoms with Gasteiger partial charge in [0.25, 0.3) is 0 Å². The van der Waals surface area contributed by atoms with Gasteiger partial charge in [-0.05, 0) is 39.9 Å².